The van der Waals surface area contributed by atoms with E-state index in [9.17, 15) is 13.2 Å². The molecule has 0 aliphatic heterocycles. The number of nitrogens with one attached hydrogen (secondary N) is 1. The highest BCUT2D eigenvalue weighted by molar-refractivity contribution is 5.92. The summed E-state index contributed by atoms with van der Waals surface area (Å²) >= 11 is 0. The summed E-state index contributed by atoms with van der Waals surface area (Å²) in [6, 6.07) is 14.6. The topological polar surface area (TPSA) is 90.4 Å². The van der Waals surface area contributed by atoms with Gasteiger partial charge in [0, 0.05) is 11.4 Å². The number of guanidine groups is 1. The lowest BCUT2D eigenvalue weighted by Crippen LogP contribution is -2.23. The second-order valence-corrected chi connectivity index (χ2v) is 5.35. The molecule has 3 aromatic rings. The number of anilines is 1. The van der Waals surface area contributed by atoms with Gasteiger partial charge in [-0.3, -0.25) is 4.57 Å². The van der Waals surface area contributed by atoms with Crippen molar-refractivity contribution in [2.24, 2.45) is 10.7 Å². The average molecular weight is 376 g/mol. The van der Waals surface area contributed by atoms with Crippen LogP contribution in [0.4, 0.5) is 18.9 Å². The molecule has 1 heterocycles. The Bertz CT molecular complexity index is 906. The molecule has 0 unspecified atom stereocenters. The molecule has 0 saturated heterocycles. The van der Waals surface area contributed by atoms with Gasteiger partial charge in [-0.15, -0.1) is 23.4 Å². The van der Waals surface area contributed by atoms with Gasteiger partial charge < -0.3 is 15.8 Å². The molecule has 0 radical (unpaired) electrons. The number of ether oxygens (including phenoxy) is 1. The maximum atomic E-state index is 12.2. The molecule has 140 valence electrons. The Hall–Kier alpha value is -3.56. The van der Waals surface area contributed by atoms with E-state index >= 15 is 0 Å². The van der Waals surface area contributed by atoms with Crippen molar-refractivity contribution < 1.29 is 17.9 Å². The molecule has 0 amide bonds. The van der Waals surface area contributed by atoms with Crippen molar-refractivity contribution in [3.8, 4) is 11.4 Å². The number of hydrogen-bond acceptors (Lipinski definition) is 4. The molecular weight excluding hydrogens is 361 g/mol. The number of nitrogens with zero attached hydrogens (tertiary/aromatic N) is 4. The molecule has 3 rings (SSSR count). The number of benzene rings is 2. The first-order valence-electron chi connectivity index (χ1n) is 7.78. The Morgan fingerprint density at radius 2 is 1.81 bits per heavy atom. The van der Waals surface area contributed by atoms with E-state index in [2.05, 4.69) is 25.2 Å². The Morgan fingerprint density at radius 1 is 1.11 bits per heavy atom. The van der Waals surface area contributed by atoms with E-state index in [0.29, 0.717) is 11.5 Å². The van der Waals surface area contributed by atoms with Gasteiger partial charge in [-0.1, -0.05) is 18.2 Å². The molecular formula is C17H15F3N6O. The first-order chi connectivity index (χ1) is 12.9. The largest absolute Gasteiger partial charge is 0.573 e. The fourth-order valence-electron chi connectivity index (χ4n) is 2.25. The number of aliphatic imine (C=N–C) groups is 1. The summed E-state index contributed by atoms with van der Waals surface area (Å²) in [7, 11) is 0. The molecule has 7 nitrogen and oxygen atoms in total. The van der Waals surface area contributed by atoms with Crippen LogP contribution in [-0.4, -0.2) is 27.1 Å². The average Bonchev–Trinajstić information content (AvgIpc) is 3.10. The summed E-state index contributed by atoms with van der Waals surface area (Å²) in [6.45, 7) is 0.170. The highest BCUT2D eigenvalue weighted by Gasteiger charge is 2.30. The van der Waals surface area contributed by atoms with Crippen LogP contribution < -0.4 is 15.8 Å². The molecule has 0 bridgehead atoms. The molecule has 2 aromatic carbocycles. The number of nitrogens with two attached hydrogens (primary N) is 1. The van der Waals surface area contributed by atoms with Crippen molar-refractivity contribution in [1.82, 2.24) is 14.8 Å². The van der Waals surface area contributed by atoms with Crippen molar-refractivity contribution in [3.63, 3.8) is 0 Å². The van der Waals surface area contributed by atoms with E-state index in [4.69, 9.17) is 5.73 Å². The van der Waals surface area contributed by atoms with Crippen molar-refractivity contribution >= 4 is 11.6 Å². The molecule has 0 spiro atoms. The van der Waals surface area contributed by atoms with Gasteiger partial charge in [-0.05, 0) is 36.4 Å². The molecule has 0 fully saturated rings. The first-order valence-corrected chi connectivity index (χ1v) is 7.78. The van der Waals surface area contributed by atoms with E-state index in [1.807, 2.05) is 30.3 Å². The van der Waals surface area contributed by atoms with Gasteiger partial charge in [-0.25, -0.2) is 4.99 Å². The minimum absolute atomic E-state index is 0.0853. The molecule has 1 aromatic heterocycles. The van der Waals surface area contributed by atoms with E-state index in [1.54, 1.807) is 10.9 Å². The number of hydrogen-bond donors (Lipinski definition) is 2. The third kappa shape index (κ3) is 5.21. The van der Waals surface area contributed by atoms with E-state index < -0.39 is 6.36 Å². The van der Waals surface area contributed by atoms with Crippen molar-refractivity contribution in [1.29, 1.82) is 0 Å². The van der Waals surface area contributed by atoms with Crippen LogP contribution in [0.2, 0.25) is 0 Å². The summed E-state index contributed by atoms with van der Waals surface area (Å²) < 4.78 is 42.0. The number of alkyl halides is 3. The normalized spacial score (nSPS) is 12.0. The fourth-order valence-corrected chi connectivity index (χ4v) is 2.25. The lowest BCUT2D eigenvalue weighted by Gasteiger charge is -2.10. The number of rotatable bonds is 5. The predicted molar refractivity (Wildman–Crippen MR) is 93.4 cm³/mol. The fraction of sp³-hybridized carbons (Fsp3) is 0.118. The van der Waals surface area contributed by atoms with Gasteiger partial charge >= 0.3 is 6.36 Å². The van der Waals surface area contributed by atoms with Crippen LogP contribution in [0.25, 0.3) is 5.69 Å². The number of halogens is 3. The van der Waals surface area contributed by atoms with Gasteiger partial charge in [0.25, 0.3) is 0 Å². The smallest absolute Gasteiger partial charge is 0.406 e. The van der Waals surface area contributed by atoms with Gasteiger partial charge in [0.2, 0.25) is 0 Å². The molecule has 0 saturated carbocycles. The SMILES string of the molecule is NC(=NCc1nncn1-c1ccccc1)Nc1ccc(OC(F)(F)F)cc1. The highest BCUT2D eigenvalue weighted by Crippen LogP contribution is 2.23. The zero-order valence-corrected chi connectivity index (χ0v) is 13.9. The minimum atomic E-state index is -4.73. The third-order valence-corrected chi connectivity index (χ3v) is 3.40. The summed E-state index contributed by atoms with van der Waals surface area (Å²) in [6.07, 6.45) is -3.16. The second kappa shape index (κ2) is 7.77. The maximum Gasteiger partial charge on any atom is 0.573 e. The standard InChI is InChI=1S/C17H15F3N6O/c18-17(19,20)27-14-8-6-12(7-9-14)24-16(21)22-10-15-25-23-11-26(15)13-4-2-1-3-5-13/h1-9,11H,10H2,(H3,21,22,24). The van der Waals surface area contributed by atoms with Gasteiger partial charge in [0.15, 0.2) is 11.8 Å². The Kier molecular flexibility index (Phi) is 5.25. The maximum absolute atomic E-state index is 12.2. The zero-order chi connectivity index (χ0) is 19.3. The Balaban J connectivity index is 1.63. The van der Waals surface area contributed by atoms with Crippen LogP contribution in [-0.2, 0) is 6.54 Å². The molecule has 0 aliphatic rings. The number of aromatic nitrogens is 3. The molecule has 10 heteroatoms. The molecule has 0 atom stereocenters. The van der Waals surface area contributed by atoms with Gasteiger partial charge in [0.05, 0.1) is 0 Å². The van der Waals surface area contributed by atoms with Crippen molar-refractivity contribution in [2.75, 3.05) is 5.32 Å². The quantitative estimate of drug-likeness (QED) is 0.528. The van der Waals surface area contributed by atoms with Crippen LogP contribution >= 0.6 is 0 Å². The third-order valence-electron chi connectivity index (χ3n) is 3.40. The zero-order valence-electron chi connectivity index (χ0n) is 13.9. The molecule has 3 N–H and O–H groups in total. The van der Waals surface area contributed by atoms with Crippen LogP contribution in [0.1, 0.15) is 5.82 Å². The summed E-state index contributed by atoms with van der Waals surface area (Å²) in [5, 5.41) is 10.7. The van der Waals surface area contributed by atoms with Crippen LogP contribution in [0.15, 0.2) is 65.9 Å². The molecule has 27 heavy (non-hydrogen) atoms. The monoisotopic (exact) mass is 376 g/mol. The van der Waals surface area contributed by atoms with Crippen molar-refractivity contribution in [3.05, 3.63) is 66.7 Å². The van der Waals surface area contributed by atoms with Crippen LogP contribution in [0.3, 0.4) is 0 Å². The van der Waals surface area contributed by atoms with Crippen LogP contribution in [0.5, 0.6) is 5.75 Å². The Morgan fingerprint density at radius 3 is 2.48 bits per heavy atom. The summed E-state index contributed by atoms with van der Waals surface area (Å²) in [5.41, 5.74) is 7.18. The predicted octanol–water partition coefficient (Wildman–Crippen LogP) is 3.09. The Labute approximate surface area is 152 Å². The van der Waals surface area contributed by atoms with Gasteiger partial charge in [0.1, 0.15) is 18.6 Å². The minimum Gasteiger partial charge on any atom is -0.406 e. The molecule has 0 aliphatic carbocycles. The van der Waals surface area contributed by atoms with E-state index in [0.717, 1.165) is 5.69 Å². The second-order valence-electron chi connectivity index (χ2n) is 5.35. The van der Waals surface area contributed by atoms with Gasteiger partial charge in [-0.2, -0.15) is 0 Å². The summed E-state index contributed by atoms with van der Waals surface area (Å²) in [4.78, 5) is 4.18. The summed E-state index contributed by atoms with van der Waals surface area (Å²) in [5.74, 6) is 0.349. The van der Waals surface area contributed by atoms with E-state index in [-0.39, 0.29) is 18.3 Å². The lowest BCUT2D eigenvalue weighted by atomic mass is 10.3. The van der Waals surface area contributed by atoms with E-state index in [1.165, 1.54) is 24.3 Å². The van der Waals surface area contributed by atoms with Crippen molar-refractivity contribution in [2.45, 2.75) is 12.9 Å². The number of para-hydroxylation sites is 1. The highest BCUT2D eigenvalue weighted by atomic mass is 19.4. The van der Waals surface area contributed by atoms with Crippen LogP contribution in [0, 0.1) is 0 Å². The first kappa shape index (κ1) is 18.2. The lowest BCUT2D eigenvalue weighted by molar-refractivity contribution is -0.274.